The van der Waals surface area contributed by atoms with E-state index in [4.69, 9.17) is 4.74 Å². The molecule has 9 atom stereocenters. The van der Waals surface area contributed by atoms with E-state index < -0.39 is 52.4 Å². The fraction of sp³-hybridized carbons (Fsp3) is 0.789. The van der Waals surface area contributed by atoms with Crippen molar-refractivity contribution >= 4 is 11.9 Å². The molecule has 0 aromatic heterocycles. The van der Waals surface area contributed by atoms with Crippen molar-refractivity contribution in [2.75, 3.05) is 0 Å². The molecular formula is C19H24O6. The summed E-state index contributed by atoms with van der Waals surface area (Å²) in [7, 11) is 0. The molecule has 0 aromatic rings. The van der Waals surface area contributed by atoms with Gasteiger partial charge < -0.3 is 20.1 Å². The van der Waals surface area contributed by atoms with Crippen LogP contribution < -0.4 is 0 Å². The molecule has 0 aromatic carbocycles. The van der Waals surface area contributed by atoms with E-state index in [-0.39, 0.29) is 11.8 Å². The quantitative estimate of drug-likeness (QED) is 0.484. The van der Waals surface area contributed by atoms with Crippen LogP contribution in [0.4, 0.5) is 0 Å². The van der Waals surface area contributed by atoms with Crippen LogP contribution in [0.1, 0.15) is 39.0 Å². The Hall–Kier alpha value is -1.40. The molecule has 9 unspecified atom stereocenters. The first-order valence-electron chi connectivity index (χ1n) is 9.18. The molecule has 25 heavy (non-hydrogen) atoms. The maximum atomic E-state index is 12.7. The molecule has 5 aliphatic rings. The Morgan fingerprint density at radius 1 is 1.32 bits per heavy atom. The molecule has 1 aliphatic heterocycles. The lowest BCUT2D eigenvalue weighted by molar-refractivity contribution is -0.169. The van der Waals surface area contributed by atoms with Crippen molar-refractivity contribution in [1.29, 1.82) is 0 Å². The second-order valence-corrected chi connectivity index (χ2v) is 9.23. The van der Waals surface area contributed by atoms with Crippen molar-refractivity contribution in [3.8, 4) is 0 Å². The van der Waals surface area contributed by atoms with E-state index in [1.807, 2.05) is 0 Å². The second-order valence-electron chi connectivity index (χ2n) is 9.23. The van der Waals surface area contributed by atoms with E-state index in [0.29, 0.717) is 32.1 Å². The smallest absolute Gasteiger partial charge is 0.315 e. The predicted octanol–water partition coefficient (Wildman–Crippen LogP) is 1.11. The average Bonchev–Trinajstić information content (AvgIpc) is 2.99. The van der Waals surface area contributed by atoms with Gasteiger partial charge >= 0.3 is 11.9 Å². The van der Waals surface area contributed by atoms with Crippen LogP contribution in [-0.4, -0.2) is 45.1 Å². The minimum Gasteiger partial charge on any atom is -0.481 e. The number of esters is 1. The van der Waals surface area contributed by atoms with Gasteiger partial charge in [-0.05, 0) is 50.4 Å². The van der Waals surface area contributed by atoms with Crippen LogP contribution in [0.2, 0.25) is 0 Å². The summed E-state index contributed by atoms with van der Waals surface area (Å²) in [6.07, 6.45) is 1.03. The Morgan fingerprint density at radius 2 is 2.04 bits per heavy atom. The van der Waals surface area contributed by atoms with E-state index in [1.54, 1.807) is 6.92 Å². The summed E-state index contributed by atoms with van der Waals surface area (Å²) in [6.45, 7) is 5.80. The molecule has 4 aliphatic carbocycles. The van der Waals surface area contributed by atoms with Crippen LogP contribution in [0.3, 0.4) is 0 Å². The van der Waals surface area contributed by atoms with Crippen LogP contribution in [0, 0.1) is 34.5 Å². The van der Waals surface area contributed by atoms with Crippen molar-refractivity contribution in [2.45, 2.75) is 56.8 Å². The number of aliphatic carboxylic acids is 1. The van der Waals surface area contributed by atoms with Crippen molar-refractivity contribution in [3.63, 3.8) is 0 Å². The molecular weight excluding hydrogens is 324 g/mol. The zero-order chi connectivity index (χ0) is 17.9. The third kappa shape index (κ3) is 1.44. The molecule has 6 heteroatoms. The summed E-state index contributed by atoms with van der Waals surface area (Å²) >= 11 is 0. The van der Waals surface area contributed by atoms with Gasteiger partial charge in [0.25, 0.3) is 0 Å². The molecule has 5 rings (SSSR count). The number of hydrogen-bond acceptors (Lipinski definition) is 5. The van der Waals surface area contributed by atoms with Gasteiger partial charge in [0, 0.05) is 11.8 Å². The van der Waals surface area contributed by atoms with Gasteiger partial charge in [0.05, 0.1) is 23.5 Å². The number of carbonyl (C=O) groups excluding carboxylic acids is 1. The average molecular weight is 348 g/mol. The minimum atomic E-state index is -1.22. The number of aliphatic hydroxyl groups excluding tert-OH is 2. The Bertz CT molecular complexity index is 717. The molecule has 0 amide bonds. The molecule has 3 N–H and O–H groups in total. The summed E-state index contributed by atoms with van der Waals surface area (Å²) in [4.78, 5) is 25.2. The second kappa shape index (κ2) is 4.29. The fourth-order valence-corrected chi connectivity index (χ4v) is 7.74. The maximum absolute atomic E-state index is 12.7. The monoisotopic (exact) mass is 348 g/mol. The lowest BCUT2D eigenvalue weighted by Gasteiger charge is -2.46. The lowest BCUT2D eigenvalue weighted by atomic mass is 9.59. The van der Waals surface area contributed by atoms with Crippen LogP contribution >= 0.6 is 0 Å². The van der Waals surface area contributed by atoms with Gasteiger partial charge in [0.1, 0.15) is 5.60 Å². The zero-order valence-electron chi connectivity index (χ0n) is 14.3. The molecule has 4 bridgehead atoms. The normalized spacial score (nSPS) is 58.7. The maximum Gasteiger partial charge on any atom is 0.315 e. The zero-order valence-corrected chi connectivity index (χ0v) is 14.3. The Labute approximate surface area is 145 Å². The minimum absolute atomic E-state index is 0.136. The molecule has 5 fully saturated rings. The van der Waals surface area contributed by atoms with Crippen LogP contribution in [0.25, 0.3) is 0 Å². The van der Waals surface area contributed by atoms with Gasteiger partial charge in [0.15, 0.2) is 0 Å². The number of carboxylic acid groups (broad SMARTS) is 1. The number of aliphatic hydroxyl groups is 2. The van der Waals surface area contributed by atoms with E-state index in [9.17, 15) is 24.9 Å². The molecule has 1 saturated heterocycles. The summed E-state index contributed by atoms with van der Waals surface area (Å²) in [5.74, 6) is -3.11. The van der Waals surface area contributed by atoms with Gasteiger partial charge in [-0.2, -0.15) is 0 Å². The number of fused-ring (bicyclic) bond motifs is 1. The first-order valence-corrected chi connectivity index (χ1v) is 9.18. The van der Waals surface area contributed by atoms with Crippen LogP contribution in [0.15, 0.2) is 12.2 Å². The number of ether oxygens (including phenoxy) is 1. The lowest BCUT2D eigenvalue weighted by Crippen LogP contribution is -2.54. The van der Waals surface area contributed by atoms with Crippen molar-refractivity contribution in [1.82, 2.24) is 0 Å². The van der Waals surface area contributed by atoms with Gasteiger partial charge in [0.2, 0.25) is 0 Å². The molecule has 1 spiro atoms. The van der Waals surface area contributed by atoms with Crippen molar-refractivity contribution in [3.05, 3.63) is 12.2 Å². The SMILES string of the molecule is C=C1CC23CC1CC(O)C2C12CCC(O)C(C)(C(=O)O1)C2C3C(=O)O. The number of hydrogen-bond donors (Lipinski definition) is 3. The van der Waals surface area contributed by atoms with E-state index in [0.717, 1.165) is 5.57 Å². The van der Waals surface area contributed by atoms with Crippen molar-refractivity contribution < 1.29 is 29.6 Å². The summed E-state index contributed by atoms with van der Waals surface area (Å²) in [5, 5.41) is 31.8. The molecule has 6 nitrogen and oxygen atoms in total. The summed E-state index contributed by atoms with van der Waals surface area (Å²) in [5.41, 5.74) is -1.80. The van der Waals surface area contributed by atoms with Crippen LogP contribution in [-0.2, 0) is 14.3 Å². The predicted molar refractivity (Wildman–Crippen MR) is 85.2 cm³/mol. The first kappa shape index (κ1) is 15.8. The first-order chi connectivity index (χ1) is 11.7. The third-order valence-corrected chi connectivity index (χ3v) is 8.43. The topological polar surface area (TPSA) is 104 Å². The highest BCUT2D eigenvalue weighted by atomic mass is 16.6. The number of allylic oxidation sites excluding steroid dienone is 1. The molecule has 4 saturated carbocycles. The highest BCUT2D eigenvalue weighted by molar-refractivity contribution is 5.85. The van der Waals surface area contributed by atoms with Crippen molar-refractivity contribution in [2.24, 2.45) is 34.5 Å². The van der Waals surface area contributed by atoms with Crippen LogP contribution in [0.5, 0.6) is 0 Å². The fourth-order valence-electron chi connectivity index (χ4n) is 7.74. The van der Waals surface area contributed by atoms with Gasteiger partial charge in [-0.25, -0.2) is 0 Å². The van der Waals surface area contributed by atoms with Gasteiger partial charge in [-0.1, -0.05) is 12.2 Å². The summed E-state index contributed by atoms with van der Waals surface area (Å²) in [6, 6.07) is 0. The Kier molecular flexibility index (Phi) is 2.71. The highest BCUT2D eigenvalue weighted by Gasteiger charge is 2.84. The van der Waals surface area contributed by atoms with Gasteiger partial charge in [-0.15, -0.1) is 0 Å². The Morgan fingerprint density at radius 3 is 2.72 bits per heavy atom. The highest BCUT2D eigenvalue weighted by Crippen LogP contribution is 2.77. The van der Waals surface area contributed by atoms with E-state index in [1.165, 1.54) is 0 Å². The summed E-state index contributed by atoms with van der Waals surface area (Å²) < 4.78 is 5.92. The molecule has 1 heterocycles. The Balaban J connectivity index is 1.78. The largest absolute Gasteiger partial charge is 0.481 e. The number of carboxylic acids is 1. The number of carbonyl (C=O) groups is 2. The van der Waals surface area contributed by atoms with E-state index >= 15 is 0 Å². The van der Waals surface area contributed by atoms with Gasteiger partial charge in [-0.3, -0.25) is 9.59 Å². The number of rotatable bonds is 1. The molecule has 0 radical (unpaired) electrons. The third-order valence-electron chi connectivity index (χ3n) is 8.43. The molecule has 136 valence electrons. The standard InChI is InChI=1S/C19H24O6/c1-8-6-18-7-9(8)5-10(20)13(18)19-4-3-11(21)17(2,16(24)25-19)14(19)12(18)15(22)23/h9-14,20-21H,1,3-7H2,2H3,(H,22,23). The van der Waals surface area contributed by atoms with E-state index in [2.05, 4.69) is 6.58 Å².